The Labute approximate surface area is 188 Å². The molecule has 0 saturated carbocycles. The minimum atomic E-state index is -0.842. The average Bonchev–Trinajstić information content (AvgIpc) is 3.43. The zero-order valence-electron chi connectivity index (χ0n) is 16.9. The summed E-state index contributed by atoms with van der Waals surface area (Å²) in [5, 5.41) is 16.0. The topological polar surface area (TPSA) is 89.9 Å². The van der Waals surface area contributed by atoms with Crippen molar-refractivity contribution in [3.05, 3.63) is 64.1 Å². The molecule has 0 aliphatic carbocycles. The van der Waals surface area contributed by atoms with Crippen molar-refractivity contribution in [1.82, 2.24) is 10.3 Å². The molecule has 2 heterocycles. The summed E-state index contributed by atoms with van der Waals surface area (Å²) in [5.74, 6) is 2.40. The maximum Gasteiger partial charge on any atom is 0.251 e. The van der Waals surface area contributed by atoms with Crippen LogP contribution in [0, 0.1) is 6.92 Å². The molecule has 1 unspecified atom stereocenters. The van der Waals surface area contributed by atoms with Gasteiger partial charge in [0.25, 0.3) is 5.91 Å². The number of nitrogens with zero attached hydrogens (tertiary/aromatic N) is 1. The second-order valence-electron chi connectivity index (χ2n) is 6.86. The van der Waals surface area contributed by atoms with Crippen LogP contribution in [-0.4, -0.2) is 42.0 Å². The lowest BCUT2D eigenvalue weighted by Gasteiger charge is -2.13. The Morgan fingerprint density at radius 1 is 1.26 bits per heavy atom. The Bertz CT molecular complexity index is 1040. The van der Waals surface area contributed by atoms with Gasteiger partial charge in [-0.1, -0.05) is 0 Å². The summed E-state index contributed by atoms with van der Waals surface area (Å²) in [5.41, 5.74) is 1.60. The van der Waals surface area contributed by atoms with Gasteiger partial charge in [-0.2, -0.15) is 0 Å². The lowest BCUT2D eigenvalue weighted by atomic mass is 10.2. The molecule has 2 aromatic carbocycles. The van der Waals surface area contributed by atoms with Gasteiger partial charge in [0.2, 0.25) is 6.79 Å². The molecule has 31 heavy (non-hydrogen) atoms. The molecule has 0 saturated heterocycles. The SMILES string of the molecule is Cc1nc(CSc2ccc(C(=O)NCC(O)COc3ccc4c(c3)OCO4)cc2)cs1. The lowest BCUT2D eigenvalue weighted by molar-refractivity contribution is 0.0843. The molecular weight excluding hydrogens is 436 g/mol. The monoisotopic (exact) mass is 458 g/mol. The molecule has 7 nitrogen and oxygen atoms in total. The van der Waals surface area contributed by atoms with Crippen molar-refractivity contribution in [2.75, 3.05) is 19.9 Å². The second kappa shape index (κ2) is 10.0. The van der Waals surface area contributed by atoms with Crippen LogP contribution in [0.25, 0.3) is 0 Å². The molecule has 3 aromatic rings. The molecule has 1 aliphatic heterocycles. The van der Waals surface area contributed by atoms with E-state index in [4.69, 9.17) is 14.2 Å². The van der Waals surface area contributed by atoms with Crippen LogP contribution in [0.4, 0.5) is 0 Å². The molecule has 9 heteroatoms. The van der Waals surface area contributed by atoms with E-state index in [2.05, 4.69) is 15.7 Å². The fourth-order valence-corrected chi connectivity index (χ4v) is 4.37. The van der Waals surface area contributed by atoms with E-state index < -0.39 is 6.10 Å². The highest BCUT2D eigenvalue weighted by Crippen LogP contribution is 2.35. The molecule has 1 amide bonds. The van der Waals surface area contributed by atoms with E-state index in [9.17, 15) is 9.90 Å². The van der Waals surface area contributed by atoms with E-state index in [1.807, 2.05) is 19.1 Å². The first-order chi connectivity index (χ1) is 15.1. The summed E-state index contributed by atoms with van der Waals surface area (Å²) < 4.78 is 16.1. The van der Waals surface area contributed by atoms with E-state index in [0.717, 1.165) is 21.3 Å². The first-order valence-electron chi connectivity index (χ1n) is 9.69. The highest BCUT2D eigenvalue weighted by Gasteiger charge is 2.15. The van der Waals surface area contributed by atoms with Gasteiger partial charge in [-0.25, -0.2) is 4.98 Å². The van der Waals surface area contributed by atoms with Crippen LogP contribution in [0.2, 0.25) is 0 Å². The molecule has 1 aromatic heterocycles. The Morgan fingerprint density at radius 3 is 2.84 bits per heavy atom. The summed E-state index contributed by atoms with van der Waals surface area (Å²) in [6.45, 7) is 2.32. The second-order valence-corrected chi connectivity index (χ2v) is 8.97. The number of amides is 1. The zero-order chi connectivity index (χ0) is 21.6. The summed E-state index contributed by atoms with van der Waals surface area (Å²) in [6, 6.07) is 12.6. The van der Waals surface area contributed by atoms with Crippen LogP contribution >= 0.6 is 23.1 Å². The number of thioether (sulfide) groups is 1. The number of carbonyl (C=O) groups is 1. The predicted octanol–water partition coefficient (Wildman–Crippen LogP) is 3.64. The molecule has 1 atom stereocenters. The van der Waals surface area contributed by atoms with Gasteiger partial charge < -0.3 is 24.6 Å². The van der Waals surface area contributed by atoms with E-state index in [0.29, 0.717) is 22.8 Å². The zero-order valence-corrected chi connectivity index (χ0v) is 18.5. The number of aliphatic hydroxyl groups excluding tert-OH is 1. The van der Waals surface area contributed by atoms with Crippen molar-refractivity contribution in [3.63, 3.8) is 0 Å². The van der Waals surface area contributed by atoms with Crippen molar-refractivity contribution in [1.29, 1.82) is 0 Å². The number of nitrogens with one attached hydrogen (secondary N) is 1. The van der Waals surface area contributed by atoms with Gasteiger partial charge >= 0.3 is 0 Å². The van der Waals surface area contributed by atoms with Crippen LogP contribution < -0.4 is 19.5 Å². The summed E-state index contributed by atoms with van der Waals surface area (Å²) in [6.07, 6.45) is -0.842. The fraction of sp³-hybridized carbons (Fsp3) is 0.273. The van der Waals surface area contributed by atoms with Crippen LogP contribution in [0.1, 0.15) is 21.1 Å². The highest BCUT2D eigenvalue weighted by atomic mass is 32.2. The molecule has 0 radical (unpaired) electrons. The third-order valence-electron chi connectivity index (χ3n) is 4.45. The molecule has 0 fully saturated rings. The number of aliphatic hydroxyl groups is 1. The van der Waals surface area contributed by atoms with Crippen molar-refractivity contribution in [3.8, 4) is 17.2 Å². The number of rotatable bonds is 9. The third-order valence-corrected chi connectivity index (χ3v) is 6.32. The highest BCUT2D eigenvalue weighted by molar-refractivity contribution is 7.98. The van der Waals surface area contributed by atoms with E-state index in [-0.39, 0.29) is 25.9 Å². The summed E-state index contributed by atoms with van der Waals surface area (Å²) in [4.78, 5) is 17.9. The standard InChI is InChI=1S/C22H22N2O5S2/c1-14-24-16(11-30-14)12-31-19-5-2-15(3-6-19)22(26)23-9-17(25)10-27-18-4-7-20-21(8-18)29-13-28-20/h2-8,11,17,25H,9-10,12-13H2,1H3,(H,23,26). The van der Waals surface area contributed by atoms with Crippen molar-refractivity contribution in [2.24, 2.45) is 0 Å². The van der Waals surface area contributed by atoms with Crippen LogP contribution in [0.3, 0.4) is 0 Å². The average molecular weight is 459 g/mol. The predicted molar refractivity (Wildman–Crippen MR) is 119 cm³/mol. The molecule has 4 rings (SSSR count). The molecule has 0 spiro atoms. The van der Waals surface area contributed by atoms with Gasteiger partial charge in [0.1, 0.15) is 18.5 Å². The maximum atomic E-state index is 12.3. The summed E-state index contributed by atoms with van der Waals surface area (Å²) >= 11 is 3.32. The van der Waals surface area contributed by atoms with Crippen molar-refractivity contribution in [2.45, 2.75) is 23.7 Å². The minimum absolute atomic E-state index is 0.0472. The number of ether oxygens (including phenoxy) is 3. The molecule has 2 N–H and O–H groups in total. The first-order valence-corrected chi connectivity index (χ1v) is 11.6. The third kappa shape index (κ3) is 5.90. The van der Waals surface area contributed by atoms with Crippen LogP contribution in [0.15, 0.2) is 52.7 Å². The van der Waals surface area contributed by atoms with Crippen molar-refractivity contribution < 1.29 is 24.1 Å². The largest absolute Gasteiger partial charge is 0.491 e. The Kier molecular flexibility index (Phi) is 6.96. The normalized spacial score (nSPS) is 13.1. The molecule has 162 valence electrons. The van der Waals surface area contributed by atoms with Gasteiger partial charge in [-0.15, -0.1) is 23.1 Å². The Balaban J connectivity index is 1.20. The number of thiazole rings is 1. The maximum absolute atomic E-state index is 12.3. The van der Waals surface area contributed by atoms with Gasteiger partial charge in [-0.3, -0.25) is 4.79 Å². The minimum Gasteiger partial charge on any atom is -0.491 e. The number of hydrogen-bond acceptors (Lipinski definition) is 8. The lowest BCUT2D eigenvalue weighted by Crippen LogP contribution is -2.35. The number of carbonyl (C=O) groups excluding carboxylic acids is 1. The molecule has 1 aliphatic rings. The van der Waals surface area contributed by atoms with E-state index >= 15 is 0 Å². The molecular formula is C22H22N2O5S2. The number of hydrogen-bond donors (Lipinski definition) is 2. The van der Waals surface area contributed by atoms with Gasteiger partial charge in [0.15, 0.2) is 11.5 Å². The Morgan fingerprint density at radius 2 is 2.06 bits per heavy atom. The van der Waals surface area contributed by atoms with Gasteiger partial charge in [0, 0.05) is 34.2 Å². The summed E-state index contributed by atoms with van der Waals surface area (Å²) in [7, 11) is 0. The molecule has 0 bridgehead atoms. The van der Waals surface area contributed by atoms with Crippen LogP contribution in [-0.2, 0) is 5.75 Å². The first kappa shape index (κ1) is 21.5. The van der Waals surface area contributed by atoms with Crippen molar-refractivity contribution >= 4 is 29.0 Å². The van der Waals surface area contributed by atoms with E-state index in [1.54, 1.807) is 53.4 Å². The van der Waals surface area contributed by atoms with E-state index in [1.165, 1.54) is 0 Å². The van der Waals surface area contributed by atoms with Gasteiger partial charge in [0.05, 0.1) is 10.7 Å². The quantitative estimate of drug-likeness (QED) is 0.473. The smallest absolute Gasteiger partial charge is 0.251 e. The Hall–Kier alpha value is -2.75. The number of aryl methyl sites for hydroxylation is 1. The van der Waals surface area contributed by atoms with Crippen LogP contribution in [0.5, 0.6) is 17.2 Å². The number of fused-ring (bicyclic) bond motifs is 1. The van der Waals surface area contributed by atoms with Gasteiger partial charge in [-0.05, 0) is 43.3 Å². The number of aromatic nitrogens is 1. The fourth-order valence-electron chi connectivity index (χ4n) is 2.86. The number of benzene rings is 2.